The maximum absolute atomic E-state index is 12.6. The smallest absolute Gasteiger partial charge is 0.161 e. The Morgan fingerprint density at radius 1 is 1.03 bits per heavy atom. The zero-order valence-electron chi connectivity index (χ0n) is 21.8. The van der Waals surface area contributed by atoms with Crippen molar-refractivity contribution in [3.8, 4) is 0 Å². The Labute approximate surface area is 200 Å². The molecule has 2 N–H and O–H groups in total. The molecule has 1 heterocycles. The maximum Gasteiger partial charge on any atom is 0.161 e. The van der Waals surface area contributed by atoms with Gasteiger partial charge in [-0.1, -0.05) is 52.7 Å². The molecule has 186 valence electrons. The first-order chi connectivity index (χ1) is 15.4. The van der Waals surface area contributed by atoms with Gasteiger partial charge in [0.1, 0.15) is 6.10 Å². The number of rotatable bonds is 3. The minimum absolute atomic E-state index is 0.0404. The standard InChI is InChI=1S/C29H46O4/c1-7-21(31)22-16-18(2)29(33-22)15-14-27(5)20-8-9-23-25(3,19(20)10-13-28(27,29)6)12-11-24(32)26(23,4)17-30/h18,22-24,30,32H,7-17H2,1-6H3/t18-,22+,23-,24+,25+,26-,27+,28+,29+/m1/s1. The van der Waals surface area contributed by atoms with Crippen molar-refractivity contribution in [3.63, 3.8) is 0 Å². The summed E-state index contributed by atoms with van der Waals surface area (Å²) in [5.41, 5.74) is 2.90. The van der Waals surface area contributed by atoms with Crippen LogP contribution in [0.2, 0.25) is 0 Å². The predicted molar refractivity (Wildman–Crippen MR) is 130 cm³/mol. The number of hydrogen-bond acceptors (Lipinski definition) is 4. The van der Waals surface area contributed by atoms with Crippen LogP contribution in [0.25, 0.3) is 0 Å². The number of aliphatic hydroxyl groups excluding tert-OH is 2. The summed E-state index contributed by atoms with van der Waals surface area (Å²) in [5, 5.41) is 21.2. The fourth-order valence-corrected chi connectivity index (χ4v) is 10.1. The van der Waals surface area contributed by atoms with Crippen molar-refractivity contribution in [3.05, 3.63) is 11.1 Å². The Kier molecular flexibility index (Phi) is 5.38. The fourth-order valence-electron chi connectivity index (χ4n) is 10.1. The quantitative estimate of drug-likeness (QED) is 0.541. The lowest BCUT2D eigenvalue weighted by Crippen LogP contribution is -2.59. The van der Waals surface area contributed by atoms with Gasteiger partial charge in [0.05, 0.1) is 18.3 Å². The first-order valence-corrected chi connectivity index (χ1v) is 13.7. The summed E-state index contributed by atoms with van der Waals surface area (Å²) in [7, 11) is 0. The number of carbonyl (C=O) groups excluding carboxylic acids is 1. The van der Waals surface area contributed by atoms with E-state index < -0.39 is 11.5 Å². The Balaban J connectivity index is 1.56. The Bertz CT molecular complexity index is 879. The highest BCUT2D eigenvalue weighted by Gasteiger charge is 2.71. The fraction of sp³-hybridized carbons (Fsp3) is 0.897. The number of ketones is 1. The van der Waals surface area contributed by atoms with Crippen molar-refractivity contribution in [1.82, 2.24) is 0 Å². The van der Waals surface area contributed by atoms with Gasteiger partial charge < -0.3 is 14.9 Å². The lowest BCUT2D eigenvalue weighted by molar-refractivity contribution is -0.164. The van der Waals surface area contributed by atoms with Crippen LogP contribution in [0.5, 0.6) is 0 Å². The SMILES string of the molecule is CCC(=O)[C@@H]1C[C@@H](C)[C@]2(CC[C@@]3(C)C4=C(CC[C@@]32C)[C@]2(C)CC[C@H](O)[C@](C)(CO)[C@@H]2CC4)O1. The second-order valence-corrected chi connectivity index (χ2v) is 13.3. The van der Waals surface area contributed by atoms with E-state index in [-0.39, 0.29) is 40.3 Å². The molecular weight excluding hydrogens is 412 g/mol. The Morgan fingerprint density at radius 2 is 1.76 bits per heavy atom. The molecule has 2 saturated carbocycles. The van der Waals surface area contributed by atoms with Gasteiger partial charge in [-0.15, -0.1) is 0 Å². The van der Waals surface area contributed by atoms with E-state index in [1.807, 2.05) is 6.92 Å². The van der Waals surface area contributed by atoms with Gasteiger partial charge in [-0.2, -0.15) is 0 Å². The maximum atomic E-state index is 12.6. The Morgan fingerprint density at radius 3 is 2.42 bits per heavy atom. The van der Waals surface area contributed by atoms with Crippen molar-refractivity contribution >= 4 is 5.78 Å². The van der Waals surface area contributed by atoms with Crippen LogP contribution < -0.4 is 0 Å². The predicted octanol–water partition coefficient (Wildman–Crippen LogP) is 5.60. The molecule has 4 heteroatoms. The van der Waals surface area contributed by atoms with E-state index in [4.69, 9.17) is 4.74 Å². The van der Waals surface area contributed by atoms with Crippen molar-refractivity contribution in [1.29, 1.82) is 0 Å². The number of hydrogen-bond donors (Lipinski definition) is 2. The molecule has 4 aliphatic carbocycles. The average Bonchev–Trinajstić information content (AvgIpc) is 3.26. The molecule has 1 aliphatic heterocycles. The molecule has 9 atom stereocenters. The molecule has 3 fully saturated rings. The van der Waals surface area contributed by atoms with Crippen molar-refractivity contribution in [2.75, 3.05) is 6.61 Å². The first kappa shape index (κ1) is 24.0. The van der Waals surface area contributed by atoms with Gasteiger partial charge >= 0.3 is 0 Å². The van der Waals surface area contributed by atoms with Crippen molar-refractivity contribution in [2.45, 2.75) is 124 Å². The van der Waals surface area contributed by atoms with E-state index in [1.165, 1.54) is 0 Å². The van der Waals surface area contributed by atoms with Gasteiger partial charge in [-0.25, -0.2) is 0 Å². The summed E-state index contributed by atoms with van der Waals surface area (Å²) in [6, 6.07) is 0. The lowest BCUT2D eigenvalue weighted by Gasteiger charge is -2.63. The van der Waals surface area contributed by atoms with Crippen molar-refractivity contribution in [2.24, 2.45) is 33.5 Å². The molecule has 0 amide bonds. The molecule has 5 aliphatic rings. The molecule has 33 heavy (non-hydrogen) atoms. The number of ether oxygens (including phenoxy) is 1. The lowest BCUT2D eigenvalue weighted by atomic mass is 9.42. The Hall–Kier alpha value is -0.710. The highest BCUT2D eigenvalue weighted by molar-refractivity contribution is 5.83. The van der Waals surface area contributed by atoms with E-state index in [0.29, 0.717) is 18.3 Å². The normalized spacial score (nSPS) is 53.7. The molecule has 0 unspecified atom stereocenters. The summed E-state index contributed by atoms with van der Waals surface area (Å²) < 4.78 is 6.85. The van der Waals surface area contributed by atoms with E-state index >= 15 is 0 Å². The van der Waals surface area contributed by atoms with Gasteiger partial charge in [0.15, 0.2) is 5.78 Å². The second-order valence-electron chi connectivity index (χ2n) is 13.3. The van der Waals surface area contributed by atoms with E-state index in [2.05, 4.69) is 34.6 Å². The summed E-state index contributed by atoms with van der Waals surface area (Å²) >= 11 is 0. The zero-order chi connectivity index (χ0) is 24.0. The molecule has 1 spiro atoms. The van der Waals surface area contributed by atoms with Crippen LogP contribution in [0.3, 0.4) is 0 Å². The minimum Gasteiger partial charge on any atom is -0.396 e. The van der Waals surface area contributed by atoms with E-state index in [9.17, 15) is 15.0 Å². The summed E-state index contributed by atoms with van der Waals surface area (Å²) in [6.45, 7) is 13.9. The third-order valence-corrected chi connectivity index (χ3v) is 12.5. The van der Waals surface area contributed by atoms with Crippen LogP contribution in [0.1, 0.15) is 106 Å². The van der Waals surface area contributed by atoms with Gasteiger partial charge in [0.25, 0.3) is 0 Å². The third kappa shape index (κ3) is 2.72. The summed E-state index contributed by atoms with van der Waals surface area (Å²) in [6.07, 6.45) is 9.12. The molecule has 0 aromatic rings. The monoisotopic (exact) mass is 458 g/mol. The number of fused-ring (bicyclic) bond motifs is 5. The highest BCUT2D eigenvalue weighted by atomic mass is 16.5. The van der Waals surface area contributed by atoms with Crippen LogP contribution in [0.15, 0.2) is 11.1 Å². The number of aliphatic hydroxyl groups is 2. The third-order valence-electron chi connectivity index (χ3n) is 12.5. The molecule has 0 aromatic carbocycles. The number of carbonyl (C=O) groups is 1. The molecular formula is C29H46O4. The average molecular weight is 459 g/mol. The van der Waals surface area contributed by atoms with Crippen LogP contribution in [-0.4, -0.2) is 40.4 Å². The molecule has 1 saturated heterocycles. The van der Waals surface area contributed by atoms with Gasteiger partial charge in [-0.05, 0) is 80.5 Å². The summed E-state index contributed by atoms with van der Waals surface area (Å²) in [5.74, 6) is 0.999. The number of Topliss-reactive ketones (excluding diaryl/α,β-unsaturated/α-hetero) is 1. The van der Waals surface area contributed by atoms with E-state index in [0.717, 1.165) is 57.8 Å². The van der Waals surface area contributed by atoms with Gasteiger partial charge in [-0.3, -0.25) is 4.79 Å². The second kappa shape index (κ2) is 7.40. The van der Waals surface area contributed by atoms with Crippen LogP contribution >= 0.6 is 0 Å². The topological polar surface area (TPSA) is 66.8 Å². The first-order valence-electron chi connectivity index (χ1n) is 13.7. The molecule has 0 radical (unpaired) electrons. The summed E-state index contributed by atoms with van der Waals surface area (Å²) in [4.78, 5) is 12.6. The molecule has 4 nitrogen and oxygen atoms in total. The molecule has 5 rings (SSSR count). The van der Waals surface area contributed by atoms with Crippen LogP contribution in [-0.2, 0) is 9.53 Å². The minimum atomic E-state index is -0.416. The zero-order valence-corrected chi connectivity index (χ0v) is 21.8. The molecule has 0 bridgehead atoms. The van der Waals surface area contributed by atoms with Crippen LogP contribution in [0, 0.1) is 33.5 Å². The number of allylic oxidation sites excluding steroid dienone is 2. The van der Waals surface area contributed by atoms with Gasteiger partial charge in [0, 0.05) is 17.3 Å². The van der Waals surface area contributed by atoms with Crippen molar-refractivity contribution < 1.29 is 19.7 Å². The van der Waals surface area contributed by atoms with E-state index in [1.54, 1.807) is 11.1 Å². The van der Waals surface area contributed by atoms with Gasteiger partial charge in [0.2, 0.25) is 0 Å². The molecule has 0 aromatic heterocycles. The highest BCUT2D eigenvalue weighted by Crippen LogP contribution is 2.75. The largest absolute Gasteiger partial charge is 0.396 e. The van der Waals surface area contributed by atoms with Crippen LogP contribution in [0.4, 0.5) is 0 Å².